The molecule has 3 amide bonds. The lowest BCUT2D eigenvalue weighted by Gasteiger charge is -2.24. The maximum absolute atomic E-state index is 13.3. The fourth-order valence-corrected chi connectivity index (χ4v) is 4.27. The van der Waals surface area contributed by atoms with Gasteiger partial charge in [-0.15, -0.1) is 0 Å². The van der Waals surface area contributed by atoms with Gasteiger partial charge in [-0.1, -0.05) is 60.7 Å². The van der Waals surface area contributed by atoms with Crippen molar-refractivity contribution in [3.63, 3.8) is 0 Å². The molecule has 7 N–H and O–H groups in total. The molecule has 4 rings (SSSR count). The predicted octanol–water partition coefficient (Wildman–Crippen LogP) is 2.78. The lowest BCUT2D eigenvalue weighted by atomic mass is 10.1. The summed E-state index contributed by atoms with van der Waals surface area (Å²) in [6, 6.07) is 21.9. The molecule has 0 radical (unpaired) electrons. The minimum atomic E-state index is -5.08. The van der Waals surface area contributed by atoms with Crippen molar-refractivity contribution < 1.29 is 37.5 Å². The summed E-state index contributed by atoms with van der Waals surface area (Å²) in [4.78, 5) is 48.5. The van der Waals surface area contributed by atoms with Gasteiger partial charge in [0.1, 0.15) is 6.04 Å². The second-order valence-corrected chi connectivity index (χ2v) is 9.74. The molecule has 1 atom stereocenters. The number of fused-ring (bicyclic) bond motifs is 1. The number of alkyl halides is 3. The van der Waals surface area contributed by atoms with Crippen LogP contribution >= 0.6 is 0 Å². The molecular weight excluding hydrogens is 581 g/mol. The highest BCUT2D eigenvalue weighted by molar-refractivity contribution is 5.96. The van der Waals surface area contributed by atoms with E-state index in [2.05, 4.69) is 15.7 Å². The molecule has 44 heavy (non-hydrogen) atoms. The van der Waals surface area contributed by atoms with Crippen LogP contribution in [0.3, 0.4) is 0 Å². The number of halogens is 3. The van der Waals surface area contributed by atoms with E-state index in [0.717, 1.165) is 22.3 Å². The molecule has 1 unspecified atom stereocenters. The van der Waals surface area contributed by atoms with E-state index in [0.29, 0.717) is 37.3 Å². The van der Waals surface area contributed by atoms with E-state index in [1.54, 1.807) is 23.2 Å². The Labute approximate surface area is 250 Å². The van der Waals surface area contributed by atoms with Crippen LogP contribution in [0.25, 0.3) is 0 Å². The number of nitrogens with two attached hydrogens (primary N) is 2. The summed E-state index contributed by atoms with van der Waals surface area (Å²) in [5, 5.41) is 16.7. The molecule has 0 bridgehead atoms. The zero-order valence-corrected chi connectivity index (χ0v) is 23.4. The van der Waals surface area contributed by atoms with Crippen LogP contribution in [0.1, 0.15) is 39.0 Å². The molecule has 0 aromatic heterocycles. The average molecular weight is 613 g/mol. The Kier molecular flexibility index (Phi) is 11.4. The van der Waals surface area contributed by atoms with Gasteiger partial charge in [-0.05, 0) is 40.8 Å². The van der Waals surface area contributed by atoms with Crippen molar-refractivity contribution in [1.82, 2.24) is 10.2 Å². The number of carbonyl (C=O) groups excluding carboxylic acids is 3. The second-order valence-electron chi connectivity index (χ2n) is 9.74. The van der Waals surface area contributed by atoms with Crippen LogP contribution in [0.2, 0.25) is 0 Å². The van der Waals surface area contributed by atoms with Gasteiger partial charge < -0.3 is 32.2 Å². The molecule has 3 aromatic rings. The van der Waals surface area contributed by atoms with Crippen LogP contribution in [0.5, 0.6) is 0 Å². The molecule has 14 heteroatoms. The molecule has 1 aliphatic rings. The third kappa shape index (κ3) is 9.86. The molecule has 232 valence electrons. The van der Waals surface area contributed by atoms with Gasteiger partial charge in [-0.3, -0.25) is 14.4 Å². The molecule has 0 spiro atoms. The summed E-state index contributed by atoms with van der Waals surface area (Å²) < 4.78 is 31.7. The average Bonchev–Trinajstić information content (AvgIpc) is 3.11. The zero-order chi connectivity index (χ0) is 32.3. The van der Waals surface area contributed by atoms with Crippen molar-refractivity contribution in [3.8, 4) is 0 Å². The molecule has 11 nitrogen and oxygen atoms in total. The third-order valence-corrected chi connectivity index (χ3v) is 6.49. The molecule has 1 aliphatic heterocycles. The van der Waals surface area contributed by atoms with Crippen LogP contribution < -0.4 is 22.2 Å². The number of amides is 3. The maximum atomic E-state index is 13.3. The summed E-state index contributed by atoms with van der Waals surface area (Å²) in [7, 11) is 0. The number of hydrazone groups is 1. The lowest BCUT2D eigenvalue weighted by Crippen LogP contribution is -2.43. The molecule has 0 saturated heterocycles. The van der Waals surface area contributed by atoms with Gasteiger partial charge in [-0.25, -0.2) is 4.79 Å². The molecule has 0 fully saturated rings. The number of hydrogen-bond donors (Lipinski definition) is 5. The summed E-state index contributed by atoms with van der Waals surface area (Å²) in [6.45, 7) is 1.21. The van der Waals surface area contributed by atoms with Gasteiger partial charge in [-0.2, -0.15) is 18.3 Å². The van der Waals surface area contributed by atoms with Crippen molar-refractivity contribution in [1.29, 1.82) is 0 Å². The number of rotatable bonds is 9. The van der Waals surface area contributed by atoms with Gasteiger partial charge in [0.15, 0.2) is 0 Å². The highest BCUT2D eigenvalue weighted by Gasteiger charge is 2.38. The van der Waals surface area contributed by atoms with Crippen molar-refractivity contribution in [2.45, 2.75) is 38.1 Å². The van der Waals surface area contributed by atoms with E-state index in [1.165, 1.54) is 0 Å². The van der Waals surface area contributed by atoms with Crippen LogP contribution in [0.4, 0.5) is 18.9 Å². The topological polar surface area (TPSA) is 180 Å². The van der Waals surface area contributed by atoms with Gasteiger partial charge in [0.25, 0.3) is 5.91 Å². The van der Waals surface area contributed by atoms with Crippen molar-refractivity contribution in [2.75, 3.05) is 11.9 Å². The quantitative estimate of drug-likeness (QED) is 0.140. The van der Waals surface area contributed by atoms with Crippen LogP contribution in [-0.2, 0) is 33.9 Å². The summed E-state index contributed by atoms with van der Waals surface area (Å²) in [6.07, 6.45) is -2.99. The molecule has 0 aliphatic carbocycles. The number of carboxylic acids is 1. The first-order chi connectivity index (χ1) is 20.9. The SMILES string of the molecule is NN=Cc1ccc(CNC(=O)c2ccc3c(c2)NC(CC(N)=O)C(=O)N(CCc2ccccc2)C3)cc1.O=C(O)C(F)(F)F. The third-order valence-electron chi connectivity index (χ3n) is 6.49. The molecule has 3 aromatic carbocycles. The van der Waals surface area contributed by atoms with Gasteiger partial charge in [0.05, 0.1) is 12.6 Å². The van der Waals surface area contributed by atoms with Crippen LogP contribution in [0.15, 0.2) is 77.9 Å². The largest absolute Gasteiger partial charge is 0.490 e. The Morgan fingerprint density at radius 3 is 2.30 bits per heavy atom. The number of anilines is 1. The van der Waals surface area contributed by atoms with Crippen LogP contribution in [-0.4, -0.2) is 58.7 Å². The summed E-state index contributed by atoms with van der Waals surface area (Å²) >= 11 is 0. The number of hydrogen-bond acceptors (Lipinski definition) is 7. The normalized spacial score (nSPS) is 14.5. The van der Waals surface area contributed by atoms with Crippen LogP contribution in [0, 0.1) is 0 Å². The Hall–Kier alpha value is -5.40. The first-order valence-corrected chi connectivity index (χ1v) is 13.3. The standard InChI is InChI=1S/C28H30N6O3.C2HF3O2/c29-26(35)15-25-28(37)34(13-12-19-4-2-1-3-5-19)18-23-11-10-22(14-24(23)33-25)27(36)31-16-20-6-8-21(9-7-20)17-32-30;3-2(4,5)1(6)7/h1-11,14,17,25,33H,12-13,15-16,18,30H2,(H2,29,35)(H,31,36);(H,6,7). The van der Waals surface area contributed by atoms with Gasteiger partial charge >= 0.3 is 12.1 Å². The monoisotopic (exact) mass is 612 g/mol. The first-order valence-electron chi connectivity index (χ1n) is 13.3. The van der Waals surface area contributed by atoms with Crippen molar-refractivity contribution >= 4 is 35.6 Å². The van der Waals surface area contributed by atoms with Crippen molar-refractivity contribution in [2.24, 2.45) is 16.7 Å². The van der Waals surface area contributed by atoms with E-state index in [1.807, 2.05) is 60.7 Å². The fraction of sp³-hybridized carbons (Fsp3) is 0.233. The number of aliphatic carboxylic acids is 1. The van der Waals surface area contributed by atoms with Gasteiger partial charge in [0, 0.05) is 30.9 Å². The minimum absolute atomic E-state index is 0.138. The second kappa shape index (κ2) is 15.2. The molecular formula is C30H31F3N6O5. The summed E-state index contributed by atoms with van der Waals surface area (Å²) in [5.41, 5.74) is 10.3. The first kappa shape index (κ1) is 33.1. The smallest absolute Gasteiger partial charge is 0.475 e. The predicted molar refractivity (Wildman–Crippen MR) is 156 cm³/mol. The number of carbonyl (C=O) groups is 4. The minimum Gasteiger partial charge on any atom is -0.475 e. The summed E-state index contributed by atoms with van der Waals surface area (Å²) in [5.74, 6) is 1.39. The Morgan fingerprint density at radius 1 is 1.05 bits per heavy atom. The van der Waals surface area contributed by atoms with Gasteiger partial charge in [0.2, 0.25) is 11.8 Å². The number of nitrogens with zero attached hydrogens (tertiary/aromatic N) is 2. The Bertz CT molecular complexity index is 1500. The Balaban J connectivity index is 0.000000676. The van der Waals surface area contributed by atoms with E-state index in [4.69, 9.17) is 21.5 Å². The van der Waals surface area contributed by atoms with Crippen molar-refractivity contribution in [3.05, 3.63) is 101 Å². The number of primary amides is 1. The number of nitrogens with one attached hydrogen (secondary N) is 2. The number of benzene rings is 3. The lowest BCUT2D eigenvalue weighted by molar-refractivity contribution is -0.192. The van der Waals surface area contributed by atoms with E-state index in [9.17, 15) is 27.6 Å². The molecule has 1 heterocycles. The Morgan fingerprint density at radius 2 is 1.70 bits per heavy atom. The van der Waals surface area contributed by atoms with E-state index < -0.39 is 24.1 Å². The van der Waals surface area contributed by atoms with E-state index >= 15 is 0 Å². The maximum Gasteiger partial charge on any atom is 0.490 e. The zero-order valence-electron chi connectivity index (χ0n) is 23.4. The highest BCUT2D eigenvalue weighted by Crippen LogP contribution is 2.26. The highest BCUT2D eigenvalue weighted by atomic mass is 19.4. The number of carboxylic acid groups (broad SMARTS) is 1. The molecule has 0 saturated carbocycles. The van der Waals surface area contributed by atoms with E-state index in [-0.39, 0.29) is 18.2 Å². The fourth-order valence-electron chi connectivity index (χ4n) is 4.27.